The number of hydrogen-bond acceptors (Lipinski definition) is 5. The van der Waals surface area contributed by atoms with E-state index < -0.39 is 10.9 Å². The van der Waals surface area contributed by atoms with Gasteiger partial charge in [0, 0.05) is 6.07 Å². The Labute approximate surface area is 91.0 Å². The smallest absolute Gasteiger partial charge is 0.348 e. The molecule has 0 radical (unpaired) electrons. The Hall–Kier alpha value is -0.700. The van der Waals surface area contributed by atoms with Crippen LogP contribution in [0.1, 0.15) is 9.67 Å². The zero-order chi connectivity index (χ0) is 10.0. The first-order valence-electron chi connectivity index (χ1n) is 3.08. The van der Waals surface area contributed by atoms with Gasteiger partial charge in [0.15, 0.2) is 0 Å². The van der Waals surface area contributed by atoms with Crippen LogP contribution in [0.4, 0.5) is 5.69 Å². The second-order valence-corrected chi connectivity index (χ2v) is 4.88. The van der Waals surface area contributed by atoms with E-state index in [1.807, 2.05) is 22.6 Å². The summed E-state index contributed by atoms with van der Waals surface area (Å²) in [7, 11) is 1.24. The molecule has 0 saturated carbocycles. The number of halogens is 1. The van der Waals surface area contributed by atoms with Gasteiger partial charge < -0.3 is 4.74 Å². The summed E-state index contributed by atoms with van der Waals surface area (Å²) < 4.78 is 4.90. The van der Waals surface area contributed by atoms with Crippen LogP contribution in [-0.2, 0) is 4.74 Å². The molecule has 1 heterocycles. The van der Waals surface area contributed by atoms with Crippen molar-refractivity contribution in [3.8, 4) is 0 Å². The molecule has 70 valence electrons. The normalized spacial score (nSPS) is 9.69. The first-order chi connectivity index (χ1) is 6.06. The van der Waals surface area contributed by atoms with Crippen LogP contribution in [0.15, 0.2) is 6.07 Å². The SMILES string of the molecule is COC(=O)c1cc([N+](=O)[O-])c(I)s1. The van der Waals surface area contributed by atoms with Gasteiger partial charge in [-0.15, -0.1) is 11.3 Å². The van der Waals surface area contributed by atoms with Crippen LogP contribution in [0.5, 0.6) is 0 Å². The quantitative estimate of drug-likeness (QED) is 0.363. The average molecular weight is 313 g/mol. The Kier molecular flexibility index (Phi) is 3.20. The third kappa shape index (κ3) is 2.15. The summed E-state index contributed by atoms with van der Waals surface area (Å²) in [6, 6.07) is 1.22. The third-order valence-corrected chi connectivity index (χ3v) is 3.36. The highest BCUT2D eigenvalue weighted by Gasteiger charge is 2.20. The Balaban J connectivity index is 3.09. The van der Waals surface area contributed by atoms with Crippen molar-refractivity contribution < 1.29 is 14.5 Å². The van der Waals surface area contributed by atoms with Gasteiger partial charge in [-0.1, -0.05) is 0 Å². The van der Waals surface area contributed by atoms with Crippen LogP contribution in [-0.4, -0.2) is 18.0 Å². The topological polar surface area (TPSA) is 69.4 Å². The minimum atomic E-state index is -0.545. The lowest BCUT2D eigenvalue weighted by atomic mass is 10.4. The zero-order valence-corrected chi connectivity index (χ0v) is 9.42. The summed E-state index contributed by atoms with van der Waals surface area (Å²) in [4.78, 5) is 21.1. The number of ether oxygens (including phenoxy) is 1. The lowest BCUT2D eigenvalue weighted by molar-refractivity contribution is -0.385. The van der Waals surface area contributed by atoms with E-state index in [2.05, 4.69) is 4.74 Å². The molecule has 1 rings (SSSR count). The third-order valence-electron chi connectivity index (χ3n) is 1.25. The van der Waals surface area contributed by atoms with E-state index in [1.165, 1.54) is 13.2 Å². The van der Waals surface area contributed by atoms with Gasteiger partial charge in [0.1, 0.15) is 7.76 Å². The molecule has 0 spiro atoms. The maximum atomic E-state index is 11.0. The largest absolute Gasteiger partial charge is 0.465 e. The van der Waals surface area contributed by atoms with Gasteiger partial charge in [-0.05, 0) is 22.6 Å². The van der Waals surface area contributed by atoms with Gasteiger partial charge in [-0.25, -0.2) is 4.79 Å². The molecular formula is C6H4INO4S. The minimum absolute atomic E-state index is 0.0500. The van der Waals surface area contributed by atoms with E-state index in [0.29, 0.717) is 2.88 Å². The summed E-state index contributed by atoms with van der Waals surface area (Å²) in [6.45, 7) is 0. The van der Waals surface area contributed by atoms with Crippen molar-refractivity contribution in [2.75, 3.05) is 7.11 Å². The Morgan fingerprint density at radius 1 is 1.77 bits per heavy atom. The van der Waals surface area contributed by atoms with Gasteiger partial charge in [0.2, 0.25) is 0 Å². The number of thiophene rings is 1. The number of rotatable bonds is 2. The second kappa shape index (κ2) is 4.01. The molecule has 1 aromatic rings. The van der Waals surface area contributed by atoms with Crippen molar-refractivity contribution in [1.29, 1.82) is 0 Å². The molecule has 0 bridgehead atoms. The van der Waals surface area contributed by atoms with Gasteiger partial charge in [-0.3, -0.25) is 10.1 Å². The fourth-order valence-electron chi connectivity index (χ4n) is 0.685. The van der Waals surface area contributed by atoms with Gasteiger partial charge in [0.25, 0.3) is 5.69 Å². The molecule has 5 nitrogen and oxygen atoms in total. The minimum Gasteiger partial charge on any atom is -0.465 e. The highest BCUT2D eigenvalue weighted by atomic mass is 127. The van der Waals surface area contributed by atoms with Gasteiger partial charge >= 0.3 is 5.97 Å². The first-order valence-corrected chi connectivity index (χ1v) is 4.98. The molecule has 0 fully saturated rings. The molecule has 0 unspecified atom stereocenters. The number of carbonyl (C=O) groups is 1. The van der Waals surface area contributed by atoms with E-state index >= 15 is 0 Å². The molecular weight excluding hydrogens is 309 g/mol. The Bertz CT molecular complexity index is 362. The maximum absolute atomic E-state index is 11.0. The van der Waals surface area contributed by atoms with E-state index in [1.54, 1.807) is 0 Å². The molecule has 0 N–H and O–H groups in total. The van der Waals surface area contributed by atoms with Crippen LogP contribution in [0.2, 0.25) is 0 Å². The standard InChI is InChI=1S/C6H4INO4S/c1-12-6(9)4-2-3(8(10)11)5(7)13-4/h2H,1H3. The van der Waals surface area contributed by atoms with Crippen molar-refractivity contribution in [2.45, 2.75) is 0 Å². The number of esters is 1. The lowest BCUT2D eigenvalue weighted by Gasteiger charge is -1.90. The second-order valence-electron chi connectivity index (χ2n) is 2.02. The van der Waals surface area contributed by atoms with E-state index in [9.17, 15) is 14.9 Å². The fourth-order valence-corrected chi connectivity index (χ4v) is 2.52. The molecule has 0 atom stereocenters. The summed E-state index contributed by atoms with van der Waals surface area (Å²) in [6.07, 6.45) is 0. The molecule has 13 heavy (non-hydrogen) atoms. The van der Waals surface area contributed by atoms with Crippen molar-refractivity contribution in [2.24, 2.45) is 0 Å². The van der Waals surface area contributed by atoms with Crippen LogP contribution >= 0.6 is 33.9 Å². The van der Waals surface area contributed by atoms with E-state index in [4.69, 9.17) is 0 Å². The van der Waals surface area contributed by atoms with Crippen molar-refractivity contribution in [1.82, 2.24) is 0 Å². The molecule has 0 aliphatic rings. The summed E-state index contributed by atoms with van der Waals surface area (Å²) in [5.74, 6) is -0.545. The summed E-state index contributed by atoms with van der Waals surface area (Å²) in [5, 5.41) is 10.4. The van der Waals surface area contributed by atoms with Gasteiger partial charge in [0.05, 0.1) is 12.0 Å². The Morgan fingerprint density at radius 3 is 2.77 bits per heavy atom. The molecule has 0 aliphatic carbocycles. The van der Waals surface area contributed by atoms with E-state index in [0.717, 1.165) is 11.3 Å². The molecule has 7 heteroatoms. The predicted molar refractivity (Wildman–Crippen MR) is 55.0 cm³/mol. The molecule has 0 amide bonds. The average Bonchev–Trinajstić information content (AvgIpc) is 2.46. The lowest BCUT2D eigenvalue weighted by Crippen LogP contribution is -1.97. The van der Waals surface area contributed by atoms with Crippen LogP contribution in [0, 0.1) is 13.0 Å². The predicted octanol–water partition coefficient (Wildman–Crippen LogP) is 2.05. The van der Waals surface area contributed by atoms with E-state index in [-0.39, 0.29) is 10.6 Å². The summed E-state index contributed by atoms with van der Waals surface area (Å²) >= 11 is 2.86. The van der Waals surface area contributed by atoms with Crippen LogP contribution in [0.25, 0.3) is 0 Å². The molecule has 0 aromatic carbocycles. The number of hydrogen-bond donors (Lipinski definition) is 0. The fraction of sp³-hybridized carbons (Fsp3) is 0.167. The van der Waals surface area contributed by atoms with Crippen LogP contribution < -0.4 is 0 Å². The van der Waals surface area contributed by atoms with Gasteiger partial charge in [-0.2, -0.15) is 0 Å². The molecule has 0 aliphatic heterocycles. The number of nitrogens with zero attached hydrogens (tertiary/aromatic N) is 1. The molecule has 0 saturated heterocycles. The number of carbonyl (C=O) groups excluding carboxylic acids is 1. The first kappa shape index (κ1) is 10.4. The monoisotopic (exact) mass is 313 g/mol. The van der Waals surface area contributed by atoms with Crippen LogP contribution in [0.3, 0.4) is 0 Å². The molecule has 1 aromatic heterocycles. The zero-order valence-electron chi connectivity index (χ0n) is 6.44. The highest BCUT2D eigenvalue weighted by molar-refractivity contribution is 14.1. The summed E-state index contributed by atoms with van der Waals surface area (Å²) in [5.41, 5.74) is -0.0500. The number of methoxy groups -OCH3 is 1. The Morgan fingerprint density at radius 2 is 2.38 bits per heavy atom. The highest BCUT2D eigenvalue weighted by Crippen LogP contribution is 2.30. The maximum Gasteiger partial charge on any atom is 0.348 e. The van der Waals surface area contributed by atoms with Crippen molar-refractivity contribution in [3.05, 3.63) is 23.9 Å². The van der Waals surface area contributed by atoms with Crippen molar-refractivity contribution in [3.63, 3.8) is 0 Å². The number of nitro groups is 1. The van der Waals surface area contributed by atoms with Crippen molar-refractivity contribution >= 4 is 45.6 Å².